The molecule has 0 bridgehead atoms. The molecule has 1 nitrogen and oxygen atoms in total. The van der Waals surface area contributed by atoms with Gasteiger partial charge >= 0.3 is 0 Å². The molecule has 10 heavy (non-hydrogen) atoms. The van der Waals surface area contributed by atoms with E-state index in [0.717, 1.165) is 0 Å². The SMILES string of the molecule is C=C/C(C)=N\C(=C)F.CC. The van der Waals surface area contributed by atoms with Gasteiger partial charge in [-0.1, -0.05) is 20.4 Å². The second-order valence-electron chi connectivity index (χ2n) is 1.33. The highest BCUT2D eigenvalue weighted by Gasteiger charge is 1.81. The summed E-state index contributed by atoms with van der Waals surface area (Å²) in [7, 11) is 0. The van der Waals surface area contributed by atoms with E-state index in [9.17, 15) is 4.39 Å². The predicted octanol–water partition coefficient (Wildman–Crippen LogP) is 3.10. The van der Waals surface area contributed by atoms with Crippen LogP contribution in [0.4, 0.5) is 4.39 Å². The van der Waals surface area contributed by atoms with Crippen LogP contribution in [-0.2, 0) is 0 Å². The van der Waals surface area contributed by atoms with Crippen molar-refractivity contribution < 1.29 is 4.39 Å². The lowest BCUT2D eigenvalue weighted by Crippen LogP contribution is -1.80. The van der Waals surface area contributed by atoms with Crippen molar-refractivity contribution in [2.24, 2.45) is 4.99 Å². The molecule has 0 radical (unpaired) electrons. The van der Waals surface area contributed by atoms with Crippen LogP contribution in [0.25, 0.3) is 0 Å². The van der Waals surface area contributed by atoms with Crippen LogP contribution in [-0.4, -0.2) is 5.71 Å². The lowest BCUT2D eigenvalue weighted by atomic mass is 10.4. The molecule has 2 heteroatoms. The minimum absolute atomic E-state index is 0.539. The van der Waals surface area contributed by atoms with Gasteiger partial charge in [0, 0.05) is 5.71 Å². The van der Waals surface area contributed by atoms with Crippen molar-refractivity contribution in [1.29, 1.82) is 0 Å². The molecule has 0 saturated heterocycles. The Morgan fingerprint density at radius 2 is 1.90 bits per heavy atom. The van der Waals surface area contributed by atoms with Crippen molar-refractivity contribution in [3.05, 3.63) is 25.2 Å². The molecule has 0 aliphatic rings. The maximum atomic E-state index is 11.7. The Balaban J connectivity index is 0. The highest BCUT2D eigenvalue weighted by Crippen LogP contribution is 1.93. The summed E-state index contributed by atoms with van der Waals surface area (Å²) in [6.45, 7) is 12.0. The van der Waals surface area contributed by atoms with Gasteiger partial charge in [0.15, 0.2) is 0 Å². The summed E-state index contributed by atoms with van der Waals surface area (Å²) in [5.41, 5.74) is 0.539. The van der Waals surface area contributed by atoms with E-state index in [2.05, 4.69) is 18.2 Å². The molecular weight excluding hydrogens is 129 g/mol. The normalized spacial score (nSPS) is 9.40. The van der Waals surface area contributed by atoms with Crippen LogP contribution in [0.2, 0.25) is 0 Å². The molecule has 0 heterocycles. The first kappa shape index (κ1) is 11.8. The number of nitrogens with zero attached hydrogens (tertiary/aromatic N) is 1. The average Bonchev–Trinajstić information content (AvgIpc) is 1.91. The van der Waals surface area contributed by atoms with Crippen LogP contribution < -0.4 is 0 Å². The number of halogens is 1. The van der Waals surface area contributed by atoms with Crippen LogP contribution in [0.5, 0.6) is 0 Å². The number of aliphatic imine (C=N–C) groups is 1. The van der Waals surface area contributed by atoms with Gasteiger partial charge in [-0.25, -0.2) is 4.99 Å². The molecule has 0 amide bonds. The van der Waals surface area contributed by atoms with Gasteiger partial charge in [0.2, 0.25) is 5.95 Å². The summed E-state index contributed by atoms with van der Waals surface area (Å²) in [4.78, 5) is 3.33. The molecule has 0 fully saturated rings. The third-order valence-electron chi connectivity index (χ3n) is 0.593. The van der Waals surface area contributed by atoms with E-state index in [1.54, 1.807) is 6.92 Å². The van der Waals surface area contributed by atoms with Crippen molar-refractivity contribution in [2.45, 2.75) is 20.8 Å². The van der Waals surface area contributed by atoms with Crippen molar-refractivity contribution in [2.75, 3.05) is 0 Å². The first-order valence-corrected chi connectivity index (χ1v) is 3.19. The van der Waals surface area contributed by atoms with Gasteiger partial charge in [-0.15, -0.1) is 0 Å². The number of allylic oxidation sites excluding steroid dienone is 1. The van der Waals surface area contributed by atoms with Crippen LogP contribution in [0.15, 0.2) is 30.2 Å². The Labute approximate surface area is 62.0 Å². The maximum absolute atomic E-state index is 11.7. The Bertz CT molecular complexity index is 136. The Hall–Kier alpha value is -0.920. The molecule has 0 unspecified atom stereocenters. The second kappa shape index (κ2) is 8.08. The second-order valence-corrected chi connectivity index (χ2v) is 1.33. The van der Waals surface area contributed by atoms with Crippen LogP contribution in [0.3, 0.4) is 0 Å². The summed E-state index contributed by atoms with van der Waals surface area (Å²) < 4.78 is 11.7. The van der Waals surface area contributed by atoms with Gasteiger partial charge in [-0.3, -0.25) is 0 Å². The zero-order chi connectivity index (χ0) is 8.57. The summed E-state index contributed by atoms with van der Waals surface area (Å²) in [6, 6.07) is 0. The van der Waals surface area contributed by atoms with Gasteiger partial charge in [0.1, 0.15) is 0 Å². The molecule has 0 aromatic heterocycles. The third-order valence-corrected chi connectivity index (χ3v) is 0.593. The standard InChI is InChI=1S/C6H8FN.C2H6/c1-4-5(2)8-6(3)7;1-2/h4H,1,3H2,2H3;1-2H3/b8-5-;. The molecule has 0 atom stereocenters. The van der Waals surface area contributed by atoms with Gasteiger partial charge in [0.05, 0.1) is 0 Å². The van der Waals surface area contributed by atoms with E-state index < -0.39 is 5.95 Å². The van der Waals surface area contributed by atoms with Crippen molar-refractivity contribution in [3.8, 4) is 0 Å². The lowest BCUT2D eigenvalue weighted by molar-refractivity contribution is 0.633. The molecule has 0 aliphatic carbocycles. The smallest absolute Gasteiger partial charge is 0.205 e. The van der Waals surface area contributed by atoms with Crippen LogP contribution >= 0.6 is 0 Å². The van der Waals surface area contributed by atoms with Gasteiger partial charge in [-0.2, -0.15) is 4.39 Å². The molecule has 0 N–H and O–H groups in total. The third kappa shape index (κ3) is 10.1. The summed E-state index contributed by atoms with van der Waals surface area (Å²) in [6.07, 6.45) is 1.46. The average molecular weight is 143 g/mol. The molecular formula is C8H14FN. The fourth-order valence-corrected chi connectivity index (χ4v) is 0.237. The molecule has 58 valence electrons. The van der Waals surface area contributed by atoms with Gasteiger partial charge in [0.25, 0.3) is 0 Å². The zero-order valence-electron chi connectivity index (χ0n) is 6.82. The van der Waals surface area contributed by atoms with Crippen LogP contribution in [0.1, 0.15) is 20.8 Å². The summed E-state index contributed by atoms with van der Waals surface area (Å²) in [5, 5.41) is 0. The summed E-state index contributed by atoms with van der Waals surface area (Å²) in [5.74, 6) is -0.678. The monoisotopic (exact) mass is 143 g/mol. The molecule has 0 aliphatic heterocycles. The predicted molar refractivity (Wildman–Crippen MR) is 44.9 cm³/mol. The fourth-order valence-electron chi connectivity index (χ4n) is 0.237. The van der Waals surface area contributed by atoms with Crippen molar-refractivity contribution in [3.63, 3.8) is 0 Å². The molecule has 0 aromatic rings. The minimum Gasteiger partial charge on any atom is -0.226 e. The fraction of sp³-hybridized carbons (Fsp3) is 0.375. The van der Waals surface area contributed by atoms with Gasteiger partial charge in [-0.05, 0) is 19.6 Å². The first-order valence-electron chi connectivity index (χ1n) is 3.19. The molecule has 0 aromatic carbocycles. The highest BCUT2D eigenvalue weighted by atomic mass is 19.1. The summed E-state index contributed by atoms with van der Waals surface area (Å²) >= 11 is 0. The first-order chi connectivity index (χ1) is 4.66. The number of hydrogen-bond acceptors (Lipinski definition) is 1. The number of hydrogen-bond donors (Lipinski definition) is 0. The van der Waals surface area contributed by atoms with E-state index in [-0.39, 0.29) is 0 Å². The largest absolute Gasteiger partial charge is 0.226 e. The lowest BCUT2D eigenvalue weighted by Gasteiger charge is -1.84. The van der Waals surface area contributed by atoms with Gasteiger partial charge < -0.3 is 0 Å². The Morgan fingerprint density at radius 3 is 2.00 bits per heavy atom. The van der Waals surface area contributed by atoms with E-state index >= 15 is 0 Å². The van der Waals surface area contributed by atoms with E-state index in [0.29, 0.717) is 5.71 Å². The van der Waals surface area contributed by atoms with Crippen molar-refractivity contribution >= 4 is 5.71 Å². The van der Waals surface area contributed by atoms with Crippen LogP contribution in [0, 0.1) is 0 Å². The minimum atomic E-state index is -0.678. The topological polar surface area (TPSA) is 12.4 Å². The molecule has 0 rings (SSSR count). The quantitative estimate of drug-likeness (QED) is 0.416. The Morgan fingerprint density at radius 1 is 1.50 bits per heavy atom. The zero-order valence-corrected chi connectivity index (χ0v) is 6.82. The van der Waals surface area contributed by atoms with E-state index in [4.69, 9.17) is 0 Å². The number of rotatable bonds is 2. The van der Waals surface area contributed by atoms with E-state index in [1.807, 2.05) is 13.8 Å². The highest BCUT2D eigenvalue weighted by molar-refractivity contribution is 5.92. The Kier molecular flexibility index (Phi) is 9.56. The maximum Gasteiger partial charge on any atom is 0.205 e. The molecule has 0 saturated carbocycles. The van der Waals surface area contributed by atoms with Crippen molar-refractivity contribution in [1.82, 2.24) is 0 Å². The van der Waals surface area contributed by atoms with E-state index in [1.165, 1.54) is 6.08 Å². The molecule has 0 spiro atoms.